The number of amides is 2. The van der Waals surface area contributed by atoms with E-state index in [-0.39, 0.29) is 30.2 Å². The minimum Gasteiger partial charge on any atom is -0.481 e. The van der Waals surface area contributed by atoms with Gasteiger partial charge in [0.25, 0.3) is 0 Å². The van der Waals surface area contributed by atoms with Crippen molar-refractivity contribution in [3.63, 3.8) is 0 Å². The minimum absolute atomic E-state index is 0.0131. The molecule has 3 heterocycles. The van der Waals surface area contributed by atoms with Crippen molar-refractivity contribution in [1.82, 2.24) is 14.9 Å². The highest BCUT2D eigenvalue weighted by molar-refractivity contribution is 5.95. The van der Waals surface area contributed by atoms with Crippen LogP contribution >= 0.6 is 0 Å². The fourth-order valence-electron chi connectivity index (χ4n) is 3.87. The van der Waals surface area contributed by atoms with Gasteiger partial charge in [-0.15, -0.1) is 0 Å². The molecule has 0 radical (unpaired) electrons. The number of halogens is 3. The van der Waals surface area contributed by atoms with Gasteiger partial charge in [0, 0.05) is 36.6 Å². The number of carbonyl (C=O) groups is 2. The van der Waals surface area contributed by atoms with Gasteiger partial charge in [-0.05, 0) is 42.8 Å². The van der Waals surface area contributed by atoms with E-state index in [1.807, 2.05) is 0 Å². The Hall–Kier alpha value is -4.15. The summed E-state index contributed by atoms with van der Waals surface area (Å²) >= 11 is 0. The first-order valence-electron chi connectivity index (χ1n) is 11.0. The van der Waals surface area contributed by atoms with Gasteiger partial charge in [0.05, 0.1) is 36.8 Å². The van der Waals surface area contributed by atoms with Crippen molar-refractivity contribution in [3.05, 3.63) is 65.4 Å². The number of aromatic nitrogens is 2. The number of methoxy groups -OCH3 is 1. The number of benzene rings is 1. The lowest BCUT2D eigenvalue weighted by molar-refractivity contribution is -0.138. The van der Waals surface area contributed by atoms with Crippen LogP contribution in [0.2, 0.25) is 0 Å². The third-order valence-corrected chi connectivity index (χ3v) is 5.77. The monoisotopic (exact) mass is 500 g/mol. The molecule has 36 heavy (non-hydrogen) atoms. The molecule has 1 unspecified atom stereocenters. The zero-order valence-corrected chi connectivity index (χ0v) is 19.7. The number of hydrogen-bond donors (Lipinski definition) is 0. The topological polar surface area (TPSA) is 84.9 Å². The highest BCUT2D eigenvalue weighted by atomic mass is 19.4. The van der Waals surface area contributed by atoms with Crippen LogP contribution in [0.4, 0.5) is 23.7 Å². The molecule has 1 fully saturated rings. The first kappa shape index (κ1) is 25.0. The van der Waals surface area contributed by atoms with Crippen molar-refractivity contribution in [3.8, 4) is 5.88 Å². The molecule has 0 spiro atoms. The number of hydrogen-bond acceptors (Lipinski definition) is 6. The maximum Gasteiger partial charge on any atom is 0.416 e. The standard InChI is InChI=1S/C25H23F3N4O4/c1-15-4-6-17(12-19(15)25(26,27)28)32-14-18(36-24(32)34)13-31(2)22(33)9-5-16-10-11-29-20-7-8-21(35-3)30-23(16)20/h4-12,18H,13-14H2,1-3H3. The van der Waals surface area contributed by atoms with E-state index in [0.29, 0.717) is 22.5 Å². The lowest BCUT2D eigenvalue weighted by Gasteiger charge is -2.19. The van der Waals surface area contributed by atoms with Crippen molar-refractivity contribution in [2.45, 2.75) is 19.2 Å². The van der Waals surface area contributed by atoms with Crippen molar-refractivity contribution >= 4 is 34.8 Å². The average Bonchev–Trinajstić information content (AvgIpc) is 3.21. The molecule has 1 atom stereocenters. The lowest BCUT2D eigenvalue weighted by atomic mass is 10.1. The third-order valence-electron chi connectivity index (χ3n) is 5.77. The molecule has 1 saturated heterocycles. The van der Waals surface area contributed by atoms with Gasteiger partial charge in [0.2, 0.25) is 11.8 Å². The summed E-state index contributed by atoms with van der Waals surface area (Å²) in [5.74, 6) is 0.0594. The van der Waals surface area contributed by atoms with Gasteiger partial charge in [0.15, 0.2) is 0 Å². The number of anilines is 1. The van der Waals surface area contributed by atoms with E-state index in [2.05, 4.69) is 9.97 Å². The van der Waals surface area contributed by atoms with E-state index in [9.17, 15) is 22.8 Å². The molecule has 4 rings (SSSR count). The zero-order valence-electron chi connectivity index (χ0n) is 19.7. The predicted molar refractivity (Wildman–Crippen MR) is 127 cm³/mol. The predicted octanol–water partition coefficient (Wildman–Crippen LogP) is 4.46. The van der Waals surface area contributed by atoms with E-state index in [4.69, 9.17) is 9.47 Å². The van der Waals surface area contributed by atoms with E-state index < -0.39 is 23.9 Å². The molecule has 0 saturated carbocycles. The number of alkyl halides is 3. The lowest BCUT2D eigenvalue weighted by Crippen LogP contribution is -2.35. The molecule has 1 aliphatic heterocycles. The van der Waals surface area contributed by atoms with Crippen LogP contribution in [-0.2, 0) is 15.7 Å². The summed E-state index contributed by atoms with van der Waals surface area (Å²) in [6.45, 7) is 1.43. The van der Waals surface area contributed by atoms with E-state index in [1.54, 1.807) is 37.5 Å². The Kier molecular flexibility index (Phi) is 6.82. The van der Waals surface area contributed by atoms with E-state index in [0.717, 1.165) is 11.0 Å². The SMILES string of the molecule is COc1ccc2nccc(C=CC(=O)N(C)CC3CN(c4ccc(C)c(C(F)(F)F)c4)C(=O)O3)c2n1. The number of rotatable bonds is 6. The Balaban J connectivity index is 1.43. The van der Waals surface area contributed by atoms with Crippen LogP contribution in [0.1, 0.15) is 16.7 Å². The molecule has 3 aromatic rings. The van der Waals surface area contributed by atoms with Gasteiger partial charge in [0.1, 0.15) is 6.10 Å². The number of ether oxygens (including phenoxy) is 2. The van der Waals surface area contributed by atoms with Gasteiger partial charge in [-0.2, -0.15) is 13.2 Å². The Labute approximate surface area is 204 Å². The maximum absolute atomic E-state index is 13.3. The van der Waals surface area contributed by atoms with Gasteiger partial charge in [-0.25, -0.2) is 9.78 Å². The van der Waals surface area contributed by atoms with Gasteiger partial charge < -0.3 is 14.4 Å². The van der Waals surface area contributed by atoms with Crippen LogP contribution in [-0.4, -0.2) is 60.2 Å². The van der Waals surface area contributed by atoms with Crippen LogP contribution in [0.5, 0.6) is 5.88 Å². The van der Waals surface area contributed by atoms with Crippen molar-refractivity contribution in [2.24, 2.45) is 0 Å². The Morgan fingerprint density at radius 1 is 1.28 bits per heavy atom. The zero-order chi connectivity index (χ0) is 26.0. The molecule has 2 aromatic heterocycles. The Morgan fingerprint density at radius 3 is 2.78 bits per heavy atom. The fourth-order valence-corrected chi connectivity index (χ4v) is 3.87. The molecule has 8 nitrogen and oxygen atoms in total. The minimum atomic E-state index is -4.54. The van der Waals surface area contributed by atoms with E-state index >= 15 is 0 Å². The number of cyclic esters (lactones) is 1. The molecule has 0 bridgehead atoms. The molecule has 1 aromatic carbocycles. The van der Waals surface area contributed by atoms with Crippen LogP contribution in [0.15, 0.2) is 48.7 Å². The molecule has 0 N–H and O–H groups in total. The van der Waals surface area contributed by atoms with Crippen molar-refractivity contribution in [1.29, 1.82) is 0 Å². The first-order valence-corrected chi connectivity index (χ1v) is 11.0. The third kappa shape index (κ3) is 5.24. The van der Waals surface area contributed by atoms with Crippen molar-refractivity contribution in [2.75, 3.05) is 32.1 Å². The molecule has 11 heteroatoms. The number of likely N-dealkylation sites (N-methyl/N-ethyl adjacent to an activating group) is 1. The van der Waals surface area contributed by atoms with Crippen LogP contribution in [0, 0.1) is 6.92 Å². The summed E-state index contributed by atoms with van der Waals surface area (Å²) in [5.41, 5.74) is 1.20. The summed E-state index contributed by atoms with van der Waals surface area (Å²) in [5, 5.41) is 0. The number of fused-ring (bicyclic) bond motifs is 1. The second-order valence-corrected chi connectivity index (χ2v) is 8.29. The molecule has 2 amide bonds. The van der Waals surface area contributed by atoms with Gasteiger partial charge in [-0.3, -0.25) is 14.7 Å². The average molecular weight is 500 g/mol. The van der Waals surface area contributed by atoms with Gasteiger partial charge >= 0.3 is 12.3 Å². The summed E-state index contributed by atoms with van der Waals surface area (Å²) in [4.78, 5) is 36.2. The smallest absolute Gasteiger partial charge is 0.416 e. The summed E-state index contributed by atoms with van der Waals surface area (Å²) in [7, 11) is 3.05. The molecule has 0 aliphatic carbocycles. The Bertz CT molecular complexity index is 1340. The summed E-state index contributed by atoms with van der Waals surface area (Å²) in [6, 6.07) is 8.85. The summed E-state index contributed by atoms with van der Waals surface area (Å²) in [6.07, 6.45) is -1.44. The van der Waals surface area contributed by atoms with Crippen LogP contribution < -0.4 is 9.64 Å². The number of aryl methyl sites for hydroxylation is 1. The van der Waals surface area contributed by atoms with Crippen molar-refractivity contribution < 1.29 is 32.2 Å². The highest BCUT2D eigenvalue weighted by Crippen LogP contribution is 2.35. The Morgan fingerprint density at radius 2 is 2.06 bits per heavy atom. The number of nitrogens with zero attached hydrogens (tertiary/aromatic N) is 4. The largest absolute Gasteiger partial charge is 0.481 e. The highest BCUT2D eigenvalue weighted by Gasteiger charge is 2.37. The van der Waals surface area contributed by atoms with E-state index in [1.165, 1.54) is 37.1 Å². The second kappa shape index (κ2) is 9.84. The fraction of sp³-hybridized carbons (Fsp3) is 0.280. The number of pyridine rings is 2. The second-order valence-electron chi connectivity index (χ2n) is 8.29. The quantitative estimate of drug-likeness (QED) is 0.465. The molecule has 1 aliphatic rings. The maximum atomic E-state index is 13.3. The molecule has 188 valence electrons. The first-order chi connectivity index (χ1) is 17.1. The van der Waals surface area contributed by atoms with Crippen LogP contribution in [0.3, 0.4) is 0 Å². The molecular weight excluding hydrogens is 477 g/mol. The number of carbonyl (C=O) groups excluding carboxylic acids is 2. The van der Waals surface area contributed by atoms with Gasteiger partial charge in [-0.1, -0.05) is 6.07 Å². The van der Waals surface area contributed by atoms with Crippen LogP contribution in [0.25, 0.3) is 17.1 Å². The molecular formula is C25H23F3N4O4. The summed E-state index contributed by atoms with van der Waals surface area (Å²) < 4.78 is 50.3. The normalized spacial score (nSPS) is 16.0.